The molecule has 0 spiro atoms. The molecule has 0 saturated heterocycles. The summed E-state index contributed by atoms with van der Waals surface area (Å²) in [7, 11) is 1.87. The number of amides is 1. The first-order chi connectivity index (χ1) is 9.00. The van der Waals surface area contributed by atoms with Crippen LogP contribution in [0.3, 0.4) is 0 Å². The first kappa shape index (κ1) is 14.5. The largest absolute Gasteiger partial charge is 0.334 e. The van der Waals surface area contributed by atoms with Gasteiger partial charge in [-0.2, -0.15) is 0 Å². The summed E-state index contributed by atoms with van der Waals surface area (Å²) < 4.78 is 0.992. The van der Waals surface area contributed by atoms with Crippen molar-refractivity contribution in [3.8, 4) is 0 Å². The predicted octanol–water partition coefficient (Wildman–Crippen LogP) is 4.49. The van der Waals surface area contributed by atoms with Gasteiger partial charge in [-0.3, -0.25) is 4.79 Å². The molecule has 0 bridgehead atoms. The number of rotatable bonds is 3. The van der Waals surface area contributed by atoms with E-state index in [0.717, 1.165) is 9.13 Å². The maximum atomic E-state index is 12.5. The van der Waals surface area contributed by atoms with Gasteiger partial charge in [0, 0.05) is 20.4 Å². The smallest absolute Gasteiger partial charge is 0.255 e. The van der Waals surface area contributed by atoms with Crippen molar-refractivity contribution in [2.75, 3.05) is 7.05 Å². The molecule has 1 heterocycles. The fraction of sp³-hybridized carbons (Fsp3) is 0.267. The Morgan fingerprint density at radius 2 is 1.95 bits per heavy atom. The number of halogens is 1. The fourth-order valence-corrected chi connectivity index (χ4v) is 3.46. The summed E-state index contributed by atoms with van der Waals surface area (Å²) >= 11 is 3.95. The molecule has 4 heteroatoms. The average Bonchev–Trinajstić information content (AvgIpc) is 2.83. The van der Waals surface area contributed by atoms with Gasteiger partial charge in [-0.1, -0.05) is 12.1 Å². The van der Waals surface area contributed by atoms with E-state index in [4.69, 9.17) is 0 Å². The van der Waals surface area contributed by atoms with Crippen LogP contribution < -0.4 is 0 Å². The lowest BCUT2D eigenvalue weighted by Crippen LogP contribution is -2.29. The Labute approximate surface area is 131 Å². The van der Waals surface area contributed by atoms with E-state index in [1.165, 1.54) is 9.75 Å². The van der Waals surface area contributed by atoms with Gasteiger partial charge >= 0.3 is 0 Å². The van der Waals surface area contributed by atoms with E-state index in [2.05, 4.69) is 48.6 Å². The Kier molecular flexibility index (Phi) is 4.62. The molecule has 2 rings (SSSR count). The molecule has 0 aliphatic carbocycles. The molecule has 2 nitrogen and oxygen atoms in total. The van der Waals surface area contributed by atoms with Gasteiger partial charge in [-0.15, -0.1) is 11.3 Å². The highest BCUT2D eigenvalue weighted by atomic mass is 127. The summed E-state index contributed by atoms with van der Waals surface area (Å²) in [5, 5.41) is 0. The molecule has 0 aliphatic rings. The lowest BCUT2D eigenvalue weighted by molar-refractivity contribution is 0.0744. The Balaban J connectivity index is 2.22. The number of nitrogens with zero attached hydrogens (tertiary/aromatic N) is 1. The molecule has 0 fully saturated rings. The van der Waals surface area contributed by atoms with Crippen molar-refractivity contribution in [1.29, 1.82) is 0 Å². The fourth-order valence-electron chi connectivity index (χ4n) is 1.87. The van der Waals surface area contributed by atoms with Crippen molar-refractivity contribution in [3.05, 3.63) is 55.3 Å². The molecular weight excluding hydrogens is 369 g/mol. The molecule has 1 atom stereocenters. The number of hydrogen-bond acceptors (Lipinski definition) is 2. The minimum absolute atomic E-state index is 0.0727. The minimum Gasteiger partial charge on any atom is -0.334 e. The molecular formula is C15H16INOS. The number of hydrogen-bond donors (Lipinski definition) is 0. The van der Waals surface area contributed by atoms with Crippen molar-refractivity contribution in [1.82, 2.24) is 4.90 Å². The molecule has 0 aliphatic heterocycles. The maximum absolute atomic E-state index is 12.5. The first-order valence-electron chi connectivity index (χ1n) is 6.08. The number of aryl methyl sites for hydroxylation is 1. The van der Waals surface area contributed by atoms with Crippen LogP contribution in [0, 0.1) is 10.5 Å². The second-order valence-electron chi connectivity index (χ2n) is 4.52. The van der Waals surface area contributed by atoms with Crippen LogP contribution in [0.15, 0.2) is 36.4 Å². The van der Waals surface area contributed by atoms with Crippen LogP contribution in [0.2, 0.25) is 0 Å². The Bertz CT molecular complexity index is 593. The van der Waals surface area contributed by atoms with Gasteiger partial charge in [-0.05, 0) is 60.7 Å². The van der Waals surface area contributed by atoms with Gasteiger partial charge in [0.25, 0.3) is 5.91 Å². The topological polar surface area (TPSA) is 20.3 Å². The SMILES string of the molecule is Cc1ccc(C(C)N(C)C(=O)c2ccccc2I)s1. The molecule has 0 radical (unpaired) electrons. The van der Waals surface area contributed by atoms with Crippen LogP contribution in [-0.4, -0.2) is 17.9 Å². The third-order valence-electron chi connectivity index (χ3n) is 3.18. The number of carbonyl (C=O) groups excluding carboxylic acids is 1. The number of benzene rings is 1. The van der Waals surface area contributed by atoms with Crippen molar-refractivity contribution >= 4 is 39.8 Å². The van der Waals surface area contributed by atoms with E-state index in [0.29, 0.717) is 0 Å². The lowest BCUT2D eigenvalue weighted by atomic mass is 10.1. The van der Waals surface area contributed by atoms with Gasteiger partial charge in [0.05, 0.1) is 11.6 Å². The van der Waals surface area contributed by atoms with Crippen LogP contribution in [0.5, 0.6) is 0 Å². The molecule has 1 amide bonds. The van der Waals surface area contributed by atoms with Crippen LogP contribution >= 0.6 is 33.9 Å². The zero-order valence-electron chi connectivity index (χ0n) is 11.2. The monoisotopic (exact) mass is 385 g/mol. The number of thiophene rings is 1. The van der Waals surface area contributed by atoms with Crippen molar-refractivity contribution in [3.63, 3.8) is 0 Å². The first-order valence-corrected chi connectivity index (χ1v) is 7.98. The Morgan fingerprint density at radius 3 is 2.53 bits per heavy atom. The van der Waals surface area contributed by atoms with Crippen LogP contribution in [0.25, 0.3) is 0 Å². The molecule has 0 N–H and O–H groups in total. The lowest BCUT2D eigenvalue weighted by Gasteiger charge is -2.24. The summed E-state index contributed by atoms with van der Waals surface area (Å²) in [6.07, 6.45) is 0. The second-order valence-corrected chi connectivity index (χ2v) is 7.00. The van der Waals surface area contributed by atoms with Gasteiger partial charge in [-0.25, -0.2) is 0 Å². The normalized spacial score (nSPS) is 12.2. The van der Waals surface area contributed by atoms with E-state index >= 15 is 0 Å². The summed E-state index contributed by atoms with van der Waals surface area (Å²) in [6, 6.07) is 12.0. The Morgan fingerprint density at radius 1 is 1.26 bits per heavy atom. The quantitative estimate of drug-likeness (QED) is 0.713. The second kappa shape index (κ2) is 6.05. The molecule has 19 heavy (non-hydrogen) atoms. The van der Waals surface area contributed by atoms with Crippen molar-refractivity contribution in [2.24, 2.45) is 0 Å². The summed E-state index contributed by atoms with van der Waals surface area (Å²) in [4.78, 5) is 16.8. The van der Waals surface area contributed by atoms with Gasteiger partial charge in [0.1, 0.15) is 0 Å². The Hall–Kier alpha value is -0.880. The van der Waals surface area contributed by atoms with E-state index in [9.17, 15) is 4.79 Å². The van der Waals surface area contributed by atoms with Crippen LogP contribution in [0.4, 0.5) is 0 Å². The van der Waals surface area contributed by atoms with Gasteiger partial charge < -0.3 is 4.90 Å². The van der Waals surface area contributed by atoms with E-state index < -0.39 is 0 Å². The third kappa shape index (κ3) is 3.17. The summed E-state index contributed by atoms with van der Waals surface area (Å²) in [6.45, 7) is 4.15. The molecule has 1 aromatic heterocycles. The van der Waals surface area contributed by atoms with Crippen molar-refractivity contribution < 1.29 is 4.79 Å². The zero-order valence-corrected chi connectivity index (χ0v) is 14.2. The summed E-state index contributed by atoms with van der Waals surface area (Å²) in [5.41, 5.74) is 0.769. The van der Waals surface area contributed by atoms with Gasteiger partial charge in [0.2, 0.25) is 0 Å². The van der Waals surface area contributed by atoms with Crippen LogP contribution in [0.1, 0.15) is 33.1 Å². The predicted molar refractivity (Wildman–Crippen MR) is 88.7 cm³/mol. The van der Waals surface area contributed by atoms with E-state index in [-0.39, 0.29) is 11.9 Å². The zero-order chi connectivity index (χ0) is 14.0. The maximum Gasteiger partial charge on any atom is 0.255 e. The standard InChI is InChI=1S/C15H16INOS/c1-10-8-9-14(19-10)11(2)17(3)15(18)12-6-4-5-7-13(12)16/h4-9,11H,1-3H3. The summed E-state index contributed by atoms with van der Waals surface area (Å²) in [5.74, 6) is 0.0727. The molecule has 1 aromatic carbocycles. The third-order valence-corrected chi connectivity index (χ3v) is 5.29. The van der Waals surface area contributed by atoms with E-state index in [1.807, 2.05) is 36.2 Å². The molecule has 100 valence electrons. The minimum atomic E-state index is 0.0727. The van der Waals surface area contributed by atoms with E-state index in [1.54, 1.807) is 11.3 Å². The highest BCUT2D eigenvalue weighted by Crippen LogP contribution is 2.27. The highest BCUT2D eigenvalue weighted by molar-refractivity contribution is 14.1. The van der Waals surface area contributed by atoms with Gasteiger partial charge in [0.15, 0.2) is 0 Å². The van der Waals surface area contributed by atoms with Crippen LogP contribution in [-0.2, 0) is 0 Å². The van der Waals surface area contributed by atoms with Crippen molar-refractivity contribution in [2.45, 2.75) is 19.9 Å². The number of carbonyl (C=O) groups is 1. The highest BCUT2D eigenvalue weighted by Gasteiger charge is 2.21. The molecule has 1 unspecified atom stereocenters. The average molecular weight is 385 g/mol. The molecule has 2 aromatic rings. The molecule has 0 saturated carbocycles.